The molecule has 4 rings (SSSR count). The molecule has 0 radical (unpaired) electrons. The van der Waals surface area contributed by atoms with Gasteiger partial charge in [-0.1, -0.05) is 17.3 Å². The van der Waals surface area contributed by atoms with Gasteiger partial charge in [0.2, 0.25) is 5.89 Å². The van der Waals surface area contributed by atoms with Crippen LogP contribution in [0.25, 0.3) is 22.2 Å². The molecule has 0 atom stereocenters. The van der Waals surface area contributed by atoms with Gasteiger partial charge in [0.15, 0.2) is 5.65 Å². The Kier molecular flexibility index (Phi) is 4.34. The highest BCUT2D eigenvalue weighted by atomic mass is 19.4. The van der Waals surface area contributed by atoms with Crippen molar-refractivity contribution in [2.24, 2.45) is 0 Å². The van der Waals surface area contributed by atoms with Gasteiger partial charge in [0.1, 0.15) is 18.0 Å². The van der Waals surface area contributed by atoms with Crippen molar-refractivity contribution >= 4 is 16.9 Å². The molecule has 7 nitrogen and oxygen atoms in total. The van der Waals surface area contributed by atoms with Crippen molar-refractivity contribution < 1.29 is 22.1 Å². The quantitative estimate of drug-likeness (QED) is 0.530. The number of benzene rings is 1. The average molecular weight is 390 g/mol. The summed E-state index contributed by atoms with van der Waals surface area (Å²) in [6.45, 7) is -0.171. The van der Waals surface area contributed by atoms with Crippen LogP contribution in [0.15, 0.2) is 47.4 Å². The first kappa shape index (κ1) is 17.8. The van der Waals surface area contributed by atoms with Gasteiger partial charge in [-0.3, -0.25) is 0 Å². The minimum absolute atomic E-state index is 0.171. The maximum atomic E-state index is 13.1. The molecular formula is C17H10F4N6O. The number of hydrogen-bond acceptors (Lipinski definition) is 7. The van der Waals surface area contributed by atoms with Crippen molar-refractivity contribution in [1.82, 2.24) is 25.1 Å². The zero-order chi connectivity index (χ0) is 19.7. The van der Waals surface area contributed by atoms with Gasteiger partial charge in [-0.2, -0.15) is 18.2 Å². The van der Waals surface area contributed by atoms with Gasteiger partial charge in [0.25, 0.3) is 5.82 Å². The van der Waals surface area contributed by atoms with Crippen LogP contribution >= 0.6 is 0 Å². The first-order valence-corrected chi connectivity index (χ1v) is 7.90. The fourth-order valence-electron chi connectivity index (χ4n) is 2.49. The zero-order valence-electron chi connectivity index (χ0n) is 13.9. The Morgan fingerprint density at radius 3 is 2.50 bits per heavy atom. The molecule has 3 heterocycles. The van der Waals surface area contributed by atoms with Crippen LogP contribution < -0.4 is 5.32 Å². The standard InChI is InChI=1S/C17H10F4N6O/c18-11-3-1-9(2-4-11)10-5-12-14(22-6-10)24-8-25-15(12)23-7-13-26-16(27-28-13)17(19,20)21/h1-6,8H,7H2,(H,22,23,24,25). The van der Waals surface area contributed by atoms with E-state index in [1.54, 1.807) is 24.4 Å². The molecule has 0 aliphatic carbocycles. The van der Waals surface area contributed by atoms with Gasteiger partial charge in [-0.25, -0.2) is 19.3 Å². The highest BCUT2D eigenvalue weighted by molar-refractivity contribution is 5.89. The van der Waals surface area contributed by atoms with Crippen LogP contribution in [0, 0.1) is 5.82 Å². The summed E-state index contributed by atoms with van der Waals surface area (Å²) in [4.78, 5) is 15.7. The minimum Gasteiger partial charge on any atom is -0.360 e. The molecular weight excluding hydrogens is 380 g/mol. The zero-order valence-corrected chi connectivity index (χ0v) is 13.9. The minimum atomic E-state index is -4.68. The second-order valence-corrected chi connectivity index (χ2v) is 5.69. The third kappa shape index (κ3) is 3.59. The molecule has 0 saturated heterocycles. The van der Waals surface area contributed by atoms with E-state index in [4.69, 9.17) is 0 Å². The van der Waals surface area contributed by atoms with E-state index in [0.29, 0.717) is 22.4 Å². The summed E-state index contributed by atoms with van der Waals surface area (Å²) in [5.74, 6) is -1.63. The van der Waals surface area contributed by atoms with Crippen LogP contribution in [0.2, 0.25) is 0 Å². The van der Waals surface area contributed by atoms with Gasteiger partial charge in [0, 0.05) is 11.8 Å². The van der Waals surface area contributed by atoms with Crippen molar-refractivity contribution in [3.05, 3.63) is 60.4 Å². The Balaban J connectivity index is 1.62. The van der Waals surface area contributed by atoms with Crippen molar-refractivity contribution in [2.45, 2.75) is 12.7 Å². The highest BCUT2D eigenvalue weighted by Gasteiger charge is 2.37. The lowest BCUT2D eigenvalue weighted by atomic mass is 10.1. The molecule has 0 unspecified atom stereocenters. The Hall–Kier alpha value is -3.63. The molecule has 142 valence electrons. The highest BCUT2D eigenvalue weighted by Crippen LogP contribution is 2.27. The van der Waals surface area contributed by atoms with Gasteiger partial charge >= 0.3 is 6.18 Å². The van der Waals surface area contributed by atoms with Crippen LogP contribution in [-0.4, -0.2) is 25.1 Å². The number of hydrogen-bond donors (Lipinski definition) is 1. The lowest BCUT2D eigenvalue weighted by molar-refractivity contribution is -0.146. The number of aromatic nitrogens is 5. The first-order valence-electron chi connectivity index (χ1n) is 7.90. The first-order chi connectivity index (χ1) is 13.4. The number of nitrogens with zero attached hydrogens (tertiary/aromatic N) is 5. The molecule has 28 heavy (non-hydrogen) atoms. The summed E-state index contributed by atoms with van der Waals surface area (Å²) >= 11 is 0. The van der Waals surface area contributed by atoms with Crippen molar-refractivity contribution in [2.75, 3.05) is 5.32 Å². The largest absolute Gasteiger partial charge is 0.455 e. The molecule has 0 saturated carbocycles. The Bertz CT molecular complexity index is 1130. The SMILES string of the molecule is Fc1ccc(-c2cnc3ncnc(NCc4nc(C(F)(F)F)no4)c3c2)cc1. The Morgan fingerprint density at radius 2 is 1.79 bits per heavy atom. The summed E-state index contributed by atoms with van der Waals surface area (Å²) < 4.78 is 55.3. The number of alkyl halides is 3. The molecule has 3 aromatic heterocycles. The molecule has 0 aliphatic heterocycles. The fourth-order valence-corrected chi connectivity index (χ4v) is 2.49. The van der Waals surface area contributed by atoms with E-state index < -0.39 is 12.0 Å². The fraction of sp³-hybridized carbons (Fsp3) is 0.118. The second-order valence-electron chi connectivity index (χ2n) is 5.69. The summed E-state index contributed by atoms with van der Waals surface area (Å²) in [5, 5.41) is 6.27. The second kappa shape index (κ2) is 6.83. The summed E-state index contributed by atoms with van der Waals surface area (Å²) in [6.07, 6.45) is -1.83. The summed E-state index contributed by atoms with van der Waals surface area (Å²) in [7, 11) is 0. The molecule has 0 fully saturated rings. The van der Waals surface area contributed by atoms with E-state index >= 15 is 0 Å². The van der Waals surface area contributed by atoms with Crippen LogP contribution in [0.4, 0.5) is 23.4 Å². The molecule has 0 aliphatic rings. The maximum absolute atomic E-state index is 13.1. The van der Waals surface area contributed by atoms with E-state index in [1.807, 2.05) is 0 Å². The van der Waals surface area contributed by atoms with Crippen molar-refractivity contribution in [3.8, 4) is 11.1 Å². The number of nitrogens with one attached hydrogen (secondary N) is 1. The average Bonchev–Trinajstić information content (AvgIpc) is 3.16. The van der Waals surface area contributed by atoms with E-state index in [9.17, 15) is 17.6 Å². The smallest absolute Gasteiger partial charge is 0.360 e. The molecule has 11 heteroatoms. The van der Waals surface area contributed by atoms with Gasteiger partial charge in [-0.15, -0.1) is 0 Å². The molecule has 4 aromatic rings. The Morgan fingerprint density at radius 1 is 1.00 bits per heavy atom. The van der Waals surface area contributed by atoms with E-state index in [-0.39, 0.29) is 18.3 Å². The van der Waals surface area contributed by atoms with Crippen LogP contribution in [-0.2, 0) is 12.7 Å². The molecule has 0 bridgehead atoms. The molecule has 1 N–H and O–H groups in total. The van der Waals surface area contributed by atoms with Crippen LogP contribution in [0.1, 0.15) is 11.7 Å². The summed E-state index contributed by atoms with van der Waals surface area (Å²) in [5.41, 5.74) is 1.81. The number of anilines is 1. The van der Waals surface area contributed by atoms with E-state index in [0.717, 1.165) is 5.56 Å². The number of halogens is 4. The maximum Gasteiger partial charge on any atom is 0.455 e. The normalized spacial score (nSPS) is 11.7. The predicted molar refractivity (Wildman–Crippen MR) is 89.4 cm³/mol. The Labute approximate surface area is 154 Å². The summed E-state index contributed by atoms with van der Waals surface area (Å²) in [6, 6.07) is 7.60. The number of fused-ring (bicyclic) bond motifs is 1. The topological polar surface area (TPSA) is 89.6 Å². The van der Waals surface area contributed by atoms with Gasteiger partial charge in [0.05, 0.1) is 11.9 Å². The van der Waals surface area contributed by atoms with E-state index in [1.165, 1.54) is 18.5 Å². The number of rotatable bonds is 4. The van der Waals surface area contributed by atoms with Gasteiger partial charge in [-0.05, 0) is 23.8 Å². The van der Waals surface area contributed by atoms with Crippen LogP contribution in [0.3, 0.4) is 0 Å². The molecule has 0 amide bonds. The molecule has 1 aromatic carbocycles. The third-order valence-corrected chi connectivity index (χ3v) is 3.79. The van der Waals surface area contributed by atoms with Crippen molar-refractivity contribution in [1.29, 1.82) is 0 Å². The lowest BCUT2D eigenvalue weighted by Gasteiger charge is -2.08. The van der Waals surface area contributed by atoms with E-state index in [2.05, 4.69) is 34.9 Å². The lowest BCUT2D eigenvalue weighted by Crippen LogP contribution is -2.08. The third-order valence-electron chi connectivity index (χ3n) is 3.79. The van der Waals surface area contributed by atoms with Crippen LogP contribution in [0.5, 0.6) is 0 Å². The van der Waals surface area contributed by atoms with Crippen molar-refractivity contribution in [3.63, 3.8) is 0 Å². The van der Waals surface area contributed by atoms with Gasteiger partial charge < -0.3 is 9.84 Å². The molecule has 0 spiro atoms. The monoisotopic (exact) mass is 390 g/mol. The number of pyridine rings is 1. The predicted octanol–water partition coefficient (Wildman–Crippen LogP) is 3.84.